The van der Waals surface area contributed by atoms with Gasteiger partial charge in [-0.1, -0.05) is 0 Å². The van der Waals surface area contributed by atoms with Crippen molar-refractivity contribution in [3.8, 4) is 0 Å². The predicted octanol–water partition coefficient (Wildman–Crippen LogP) is 1.27. The molecule has 16 heavy (non-hydrogen) atoms. The van der Waals surface area contributed by atoms with Crippen molar-refractivity contribution in [1.29, 1.82) is 0 Å². The fourth-order valence-electron chi connectivity index (χ4n) is 1.40. The Bertz CT molecular complexity index is 183. The molecule has 0 aromatic carbocycles. The van der Waals surface area contributed by atoms with E-state index in [4.69, 9.17) is 22.4 Å². The first-order valence-electron chi connectivity index (χ1n) is 5.21. The highest BCUT2D eigenvalue weighted by Gasteiger charge is 2.40. The molecule has 0 aliphatic rings. The Morgan fingerprint density at radius 1 is 0.750 bits per heavy atom. The van der Waals surface area contributed by atoms with E-state index in [1.54, 1.807) is 35.5 Å². The van der Waals surface area contributed by atoms with Crippen LogP contribution in [0.5, 0.6) is 0 Å². The van der Waals surface area contributed by atoms with Gasteiger partial charge in [0.15, 0.2) is 0 Å². The molecule has 0 aromatic heterocycles. The third-order valence-electron chi connectivity index (χ3n) is 2.93. The molecule has 0 aliphatic heterocycles. The fourth-order valence-corrected chi connectivity index (χ4v) is 6.71. The van der Waals surface area contributed by atoms with Crippen molar-refractivity contribution in [3.05, 3.63) is 0 Å². The van der Waals surface area contributed by atoms with Crippen LogP contribution in [0.15, 0.2) is 0 Å². The van der Waals surface area contributed by atoms with Gasteiger partial charge in [-0.2, -0.15) is 0 Å². The lowest BCUT2D eigenvalue weighted by Crippen LogP contribution is -2.48. The zero-order valence-corrected chi connectivity index (χ0v) is 13.2. The van der Waals surface area contributed by atoms with Crippen LogP contribution in [0.4, 0.5) is 0 Å². The second kappa shape index (κ2) is 7.54. The minimum absolute atomic E-state index is 0.526. The molecule has 0 unspecified atom stereocenters. The van der Waals surface area contributed by atoms with Crippen LogP contribution in [-0.4, -0.2) is 58.9 Å². The third kappa shape index (κ3) is 4.62. The Morgan fingerprint density at radius 3 is 1.56 bits per heavy atom. The Hall–Kier alpha value is 0.234. The predicted molar refractivity (Wildman–Crippen MR) is 66.9 cm³/mol. The van der Waals surface area contributed by atoms with Gasteiger partial charge in [-0.05, 0) is 18.6 Å². The molecular formula is C9H24O5Si2. The van der Waals surface area contributed by atoms with E-state index < -0.39 is 17.1 Å². The van der Waals surface area contributed by atoms with Gasteiger partial charge in [-0.15, -0.1) is 0 Å². The van der Waals surface area contributed by atoms with Crippen LogP contribution in [0, 0.1) is 0 Å². The molecule has 0 saturated heterocycles. The third-order valence-corrected chi connectivity index (χ3v) is 9.55. The van der Waals surface area contributed by atoms with Gasteiger partial charge in [0.05, 0.1) is 6.23 Å². The molecule has 0 aromatic rings. The molecule has 0 amide bonds. The van der Waals surface area contributed by atoms with Crippen molar-refractivity contribution < 1.29 is 22.4 Å². The summed E-state index contributed by atoms with van der Waals surface area (Å²) in [6.45, 7) is 2.03. The van der Waals surface area contributed by atoms with Gasteiger partial charge >= 0.3 is 17.1 Å². The molecule has 0 heterocycles. The molecule has 0 N–H and O–H groups in total. The molecule has 0 fully saturated rings. The van der Waals surface area contributed by atoms with E-state index in [0.29, 0.717) is 6.23 Å². The molecule has 7 heteroatoms. The standard InChI is InChI=1S/C9H24O5Si2/c1-10-9-16(13-4,14-5)8-7-15(6,11-2)12-3/h7-9H2,1-6H3. The fraction of sp³-hybridized carbons (Fsp3) is 1.00. The smallest absolute Gasteiger partial charge is 0.364 e. The van der Waals surface area contributed by atoms with Gasteiger partial charge in [0.1, 0.15) is 0 Å². The van der Waals surface area contributed by atoms with E-state index in [1.165, 1.54) is 0 Å². The molecule has 98 valence electrons. The lowest BCUT2D eigenvalue weighted by molar-refractivity contribution is 0.162. The SMILES string of the molecule is COC[Si](CC[Si](C)(OC)OC)(OC)OC. The van der Waals surface area contributed by atoms with Crippen molar-refractivity contribution in [2.45, 2.75) is 18.6 Å². The van der Waals surface area contributed by atoms with Crippen LogP contribution in [0.3, 0.4) is 0 Å². The summed E-state index contributed by atoms with van der Waals surface area (Å²) < 4.78 is 27.1. The van der Waals surface area contributed by atoms with E-state index in [9.17, 15) is 0 Å². The number of hydrogen-bond acceptors (Lipinski definition) is 5. The maximum absolute atomic E-state index is 5.51. The van der Waals surface area contributed by atoms with E-state index in [-0.39, 0.29) is 0 Å². The summed E-state index contributed by atoms with van der Waals surface area (Å²) >= 11 is 0. The number of methoxy groups -OCH3 is 1. The van der Waals surface area contributed by atoms with Crippen LogP contribution in [0.1, 0.15) is 0 Å². The lowest BCUT2D eigenvalue weighted by atomic mass is 10.9. The summed E-state index contributed by atoms with van der Waals surface area (Å²) in [7, 11) is 4.10. The lowest BCUT2D eigenvalue weighted by Gasteiger charge is -2.30. The monoisotopic (exact) mass is 268 g/mol. The zero-order valence-electron chi connectivity index (χ0n) is 11.2. The summed E-state index contributed by atoms with van der Waals surface area (Å²) in [6, 6.07) is 1.66. The minimum atomic E-state index is -2.23. The van der Waals surface area contributed by atoms with Gasteiger partial charge in [-0.3, -0.25) is 0 Å². The van der Waals surface area contributed by atoms with Crippen molar-refractivity contribution in [2.24, 2.45) is 0 Å². The molecule has 0 radical (unpaired) electrons. The first-order chi connectivity index (χ1) is 7.51. The van der Waals surface area contributed by atoms with Crippen LogP contribution >= 0.6 is 0 Å². The number of rotatable bonds is 9. The summed E-state index contributed by atoms with van der Waals surface area (Å²) in [5.74, 6) is 0. The largest absolute Gasteiger partial charge is 0.398 e. The quantitative estimate of drug-likeness (QED) is 0.589. The highest BCUT2D eigenvalue weighted by molar-refractivity contribution is 6.72. The Balaban J connectivity index is 4.41. The molecule has 0 bridgehead atoms. The normalized spacial score (nSPS) is 13.1. The van der Waals surface area contributed by atoms with E-state index >= 15 is 0 Å². The first-order valence-corrected chi connectivity index (χ1v) is 9.96. The van der Waals surface area contributed by atoms with E-state index in [2.05, 4.69) is 0 Å². The number of hydrogen-bond donors (Lipinski definition) is 0. The second-order valence-electron chi connectivity index (χ2n) is 3.79. The van der Waals surface area contributed by atoms with Gasteiger partial charge in [0.2, 0.25) is 0 Å². The Labute approximate surface area is 100 Å². The van der Waals surface area contributed by atoms with E-state index in [0.717, 1.165) is 12.1 Å². The van der Waals surface area contributed by atoms with Crippen molar-refractivity contribution in [2.75, 3.05) is 41.8 Å². The maximum Gasteiger partial charge on any atom is 0.364 e. The minimum Gasteiger partial charge on any atom is -0.398 e. The van der Waals surface area contributed by atoms with Crippen LogP contribution in [0.25, 0.3) is 0 Å². The highest BCUT2D eigenvalue weighted by atomic mass is 28.4. The molecule has 0 rings (SSSR count). The molecule has 0 spiro atoms. The molecule has 0 aliphatic carbocycles. The van der Waals surface area contributed by atoms with E-state index in [1.807, 2.05) is 6.55 Å². The van der Waals surface area contributed by atoms with Crippen molar-refractivity contribution in [1.82, 2.24) is 0 Å². The Morgan fingerprint density at radius 2 is 1.25 bits per heavy atom. The number of ether oxygens (including phenoxy) is 1. The molecule has 0 atom stereocenters. The summed E-state index contributed by atoms with van der Waals surface area (Å²) in [5, 5.41) is 0. The van der Waals surface area contributed by atoms with Crippen LogP contribution < -0.4 is 0 Å². The van der Waals surface area contributed by atoms with Crippen LogP contribution in [-0.2, 0) is 22.4 Å². The van der Waals surface area contributed by atoms with Gasteiger partial charge in [-0.25, -0.2) is 0 Å². The zero-order chi connectivity index (χ0) is 12.7. The summed E-state index contributed by atoms with van der Waals surface area (Å²) in [6.07, 6.45) is 0.526. The highest BCUT2D eigenvalue weighted by Crippen LogP contribution is 2.22. The van der Waals surface area contributed by atoms with Gasteiger partial charge in [0.25, 0.3) is 0 Å². The average molecular weight is 268 g/mol. The second-order valence-corrected chi connectivity index (χ2v) is 10.8. The molecule has 0 saturated carbocycles. The Kier molecular flexibility index (Phi) is 7.65. The van der Waals surface area contributed by atoms with Crippen molar-refractivity contribution in [3.63, 3.8) is 0 Å². The van der Waals surface area contributed by atoms with Gasteiger partial charge in [0, 0.05) is 35.5 Å². The van der Waals surface area contributed by atoms with Crippen LogP contribution in [0.2, 0.25) is 18.6 Å². The topological polar surface area (TPSA) is 46.2 Å². The van der Waals surface area contributed by atoms with Crippen molar-refractivity contribution >= 4 is 17.1 Å². The van der Waals surface area contributed by atoms with Gasteiger partial charge < -0.3 is 22.4 Å². The first kappa shape index (κ1) is 16.2. The maximum atomic E-state index is 5.51. The summed E-state index contributed by atoms with van der Waals surface area (Å²) in [4.78, 5) is 0. The molecular weight excluding hydrogens is 244 g/mol. The average Bonchev–Trinajstić information content (AvgIpc) is 2.34. The summed E-state index contributed by atoms with van der Waals surface area (Å²) in [5.41, 5.74) is 0. The molecule has 5 nitrogen and oxygen atoms in total.